The van der Waals surface area contributed by atoms with Gasteiger partial charge in [0, 0.05) is 44.0 Å². The van der Waals surface area contributed by atoms with E-state index in [9.17, 15) is 14.4 Å². The molecule has 0 bridgehead atoms. The van der Waals surface area contributed by atoms with Gasteiger partial charge in [0.15, 0.2) is 5.96 Å². The lowest BCUT2D eigenvalue weighted by atomic mass is 9.89. The number of carbonyl (C=O) groups excluding carboxylic acids is 3. The van der Waals surface area contributed by atoms with Gasteiger partial charge in [-0.3, -0.25) is 15.1 Å². The van der Waals surface area contributed by atoms with Crippen LogP contribution in [0.3, 0.4) is 0 Å². The van der Waals surface area contributed by atoms with Gasteiger partial charge >= 0.3 is 12.1 Å². The molecule has 4 N–H and O–H groups in total. The lowest BCUT2D eigenvalue weighted by Crippen LogP contribution is -2.49. The minimum absolute atomic E-state index is 0.0515. The molecule has 0 aromatic heterocycles. The van der Waals surface area contributed by atoms with E-state index in [-0.39, 0.29) is 23.2 Å². The smallest absolute Gasteiger partial charge is 0.395 e. The molecular weight excluding hydrogens is 474 g/mol. The molecule has 2 aliphatic rings. The fourth-order valence-electron chi connectivity index (χ4n) is 4.81. The van der Waals surface area contributed by atoms with Gasteiger partial charge in [0.05, 0.1) is 5.56 Å². The topological polar surface area (TPSA) is 138 Å². The molecular formula is C27H33N5O5. The summed E-state index contributed by atoms with van der Waals surface area (Å²) in [7, 11) is 0. The molecule has 0 spiro atoms. The third kappa shape index (κ3) is 7.53. The van der Waals surface area contributed by atoms with E-state index in [0.29, 0.717) is 24.3 Å². The highest BCUT2D eigenvalue weighted by Gasteiger charge is 2.25. The molecule has 1 saturated heterocycles. The molecule has 0 unspecified atom stereocenters. The summed E-state index contributed by atoms with van der Waals surface area (Å²) >= 11 is 0. The van der Waals surface area contributed by atoms with E-state index in [1.807, 2.05) is 4.90 Å². The van der Waals surface area contributed by atoms with Gasteiger partial charge < -0.3 is 25.4 Å². The summed E-state index contributed by atoms with van der Waals surface area (Å²) in [5.41, 5.74) is 6.41. The molecule has 2 aromatic rings. The fourth-order valence-corrected chi connectivity index (χ4v) is 4.81. The van der Waals surface area contributed by atoms with E-state index in [1.165, 1.54) is 68.5 Å². The summed E-state index contributed by atoms with van der Waals surface area (Å²) in [6.07, 6.45) is 5.50. The van der Waals surface area contributed by atoms with Crippen LogP contribution in [0.4, 0.5) is 10.5 Å². The van der Waals surface area contributed by atoms with Crippen molar-refractivity contribution in [1.82, 2.24) is 9.80 Å². The van der Waals surface area contributed by atoms with Gasteiger partial charge in [-0.05, 0) is 67.3 Å². The number of benzene rings is 2. The number of piperazine rings is 1. The third-order valence-electron chi connectivity index (χ3n) is 6.78. The van der Waals surface area contributed by atoms with E-state index in [0.717, 1.165) is 25.6 Å². The highest BCUT2D eigenvalue weighted by molar-refractivity contribution is 5.97. The van der Waals surface area contributed by atoms with Crippen LogP contribution in [0.2, 0.25) is 0 Å². The quantitative estimate of drug-likeness (QED) is 0.177. The second-order valence-corrected chi connectivity index (χ2v) is 9.48. The number of nitrogens with zero attached hydrogens (tertiary/aromatic N) is 2. The van der Waals surface area contributed by atoms with Crippen LogP contribution in [0.1, 0.15) is 52.8 Å². The molecule has 2 aromatic carbocycles. The first kappa shape index (κ1) is 26.2. The van der Waals surface area contributed by atoms with E-state index in [2.05, 4.69) is 10.2 Å². The van der Waals surface area contributed by atoms with Gasteiger partial charge in [-0.2, -0.15) is 0 Å². The van der Waals surface area contributed by atoms with Gasteiger partial charge in [0.1, 0.15) is 5.75 Å². The second kappa shape index (κ2) is 12.4. The van der Waals surface area contributed by atoms with E-state index < -0.39 is 12.1 Å². The number of rotatable bonds is 6. The zero-order valence-electron chi connectivity index (χ0n) is 20.8. The highest BCUT2D eigenvalue weighted by atomic mass is 16.7. The maximum atomic E-state index is 12.9. The average molecular weight is 508 g/mol. The van der Waals surface area contributed by atoms with Gasteiger partial charge in [-0.1, -0.05) is 19.3 Å². The summed E-state index contributed by atoms with van der Waals surface area (Å²) in [4.78, 5) is 41.5. The van der Waals surface area contributed by atoms with Crippen molar-refractivity contribution in [3.63, 3.8) is 0 Å². The van der Waals surface area contributed by atoms with Crippen molar-refractivity contribution in [3.8, 4) is 5.75 Å². The average Bonchev–Trinajstić information content (AvgIpc) is 2.90. The predicted molar refractivity (Wildman–Crippen MR) is 139 cm³/mol. The molecule has 1 saturated carbocycles. The summed E-state index contributed by atoms with van der Waals surface area (Å²) in [5, 5.41) is 9.78. The standard InChI is InChI=1S/C27H33N5O5/c28-26(29)30-22-10-6-21(7-11-22)25(34)37-27(35)36-23-12-8-20(9-13-23)24(33)32-16-14-31(15-17-32)18-19-4-2-1-3-5-19/h6-13,19H,1-5,14-18H2,(H4,28,29,30). The molecule has 1 aliphatic carbocycles. The van der Waals surface area contributed by atoms with Crippen molar-refractivity contribution in [2.24, 2.45) is 11.7 Å². The van der Waals surface area contributed by atoms with Crippen LogP contribution in [0.15, 0.2) is 48.5 Å². The minimum atomic E-state index is -1.18. The Morgan fingerprint density at radius 3 is 2.14 bits per heavy atom. The zero-order valence-corrected chi connectivity index (χ0v) is 20.8. The Morgan fingerprint density at radius 1 is 0.892 bits per heavy atom. The molecule has 4 rings (SSSR count). The maximum absolute atomic E-state index is 12.9. The van der Waals surface area contributed by atoms with Crippen molar-refractivity contribution < 1.29 is 23.9 Å². The number of esters is 1. The van der Waals surface area contributed by atoms with Gasteiger partial charge in [-0.25, -0.2) is 9.59 Å². The Balaban J connectivity index is 1.22. The molecule has 1 heterocycles. The normalized spacial score (nSPS) is 16.6. The van der Waals surface area contributed by atoms with Crippen LogP contribution in [0, 0.1) is 11.3 Å². The van der Waals surface area contributed by atoms with Crippen molar-refractivity contribution in [2.75, 3.05) is 38.0 Å². The first-order valence-electron chi connectivity index (χ1n) is 12.6. The number of nitrogens with two attached hydrogens (primary N) is 1. The Kier molecular flexibility index (Phi) is 8.73. The lowest BCUT2D eigenvalue weighted by Gasteiger charge is -2.37. The van der Waals surface area contributed by atoms with Crippen LogP contribution in [-0.4, -0.2) is 66.5 Å². The number of nitrogens with one attached hydrogen (secondary N) is 2. The second-order valence-electron chi connectivity index (χ2n) is 9.48. The van der Waals surface area contributed by atoms with Crippen LogP contribution < -0.4 is 15.8 Å². The van der Waals surface area contributed by atoms with Crippen LogP contribution in [-0.2, 0) is 4.74 Å². The minimum Gasteiger partial charge on any atom is -0.395 e. The summed E-state index contributed by atoms with van der Waals surface area (Å²) < 4.78 is 9.81. The van der Waals surface area contributed by atoms with Crippen molar-refractivity contribution in [1.29, 1.82) is 5.41 Å². The number of amides is 1. The van der Waals surface area contributed by atoms with Crippen LogP contribution in [0.25, 0.3) is 0 Å². The van der Waals surface area contributed by atoms with Gasteiger partial charge in [-0.15, -0.1) is 0 Å². The van der Waals surface area contributed by atoms with Gasteiger partial charge in [0.25, 0.3) is 5.91 Å². The molecule has 196 valence electrons. The first-order valence-corrected chi connectivity index (χ1v) is 12.6. The highest BCUT2D eigenvalue weighted by Crippen LogP contribution is 2.25. The predicted octanol–water partition coefficient (Wildman–Crippen LogP) is 3.69. The molecule has 0 atom stereocenters. The van der Waals surface area contributed by atoms with E-state index in [1.54, 1.807) is 12.1 Å². The van der Waals surface area contributed by atoms with E-state index >= 15 is 0 Å². The van der Waals surface area contributed by atoms with Crippen molar-refractivity contribution in [2.45, 2.75) is 32.1 Å². The number of hydrogen-bond acceptors (Lipinski definition) is 7. The molecule has 1 amide bonds. The first-order chi connectivity index (χ1) is 17.9. The summed E-state index contributed by atoms with van der Waals surface area (Å²) in [6.45, 7) is 4.31. The van der Waals surface area contributed by atoms with Gasteiger partial charge in [0.2, 0.25) is 0 Å². The molecule has 10 heteroatoms. The van der Waals surface area contributed by atoms with Crippen LogP contribution >= 0.6 is 0 Å². The Morgan fingerprint density at radius 2 is 1.51 bits per heavy atom. The number of carbonyl (C=O) groups is 3. The number of ether oxygens (including phenoxy) is 2. The Bertz CT molecular complexity index is 1110. The fraction of sp³-hybridized carbons (Fsp3) is 0.407. The molecule has 10 nitrogen and oxygen atoms in total. The SMILES string of the molecule is N=C(N)Nc1ccc(C(=O)OC(=O)Oc2ccc(C(=O)N3CCN(CC4CCCCC4)CC3)cc2)cc1. The van der Waals surface area contributed by atoms with E-state index in [4.69, 9.17) is 20.6 Å². The zero-order chi connectivity index (χ0) is 26.2. The number of guanidine groups is 1. The summed E-state index contributed by atoms with van der Waals surface area (Å²) in [6, 6.07) is 12.1. The monoisotopic (exact) mass is 507 g/mol. The lowest BCUT2D eigenvalue weighted by molar-refractivity contribution is 0.0529. The summed E-state index contributed by atoms with van der Waals surface area (Å²) in [5.74, 6) is -0.217. The molecule has 0 radical (unpaired) electrons. The number of anilines is 1. The van der Waals surface area contributed by atoms with Crippen molar-refractivity contribution >= 4 is 29.7 Å². The largest absolute Gasteiger partial charge is 0.521 e. The molecule has 37 heavy (non-hydrogen) atoms. The third-order valence-corrected chi connectivity index (χ3v) is 6.78. The Labute approximate surface area is 216 Å². The molecule has 1 aliphatic heterocycles. The van der Waals surface area contributed by atoms with Crippen molar-refractivity contribution in [3.05, 3.63) is 59.7 Å². The van der Waals surface area contributed by atoms with Crippen LogP contribution in [0.5, 0.6) is 5.75 Å². The maximum Gasteiger partial charge on any atom is 0.521 e. The number of hydrogen-bond donors (Lipinski definition) is 3. The molecule has 2 fully saturated rings. The Hall–Kier alpha value is -3.92.